The number of para-hydroxylation sites is 6. The van der Waals surface area contributed by atoms with Gasteiger partial charge in [-0.15, -0.1) is 0 Å². The molecule has 0 saturated carbocycles. The minimum atomic E-state index is -0.490. The second-order valence-electron chi connectivity index (χ2n) is 31.8. The summed E-state index contributed by atoms with van der Waals surface area (Å²) < 4.78 is 0. The zero-order valence-electron chi connectivity index (χ0n) is 69.0. The quantitative estimate of drug-likeness (QED) is 0.111. The van der Waals surface area contributed by atoms with Gasteiger partial charge in [0.2, 0.25) is 0 Å². The monoisotopic (exact) mass is 1620 g/mol. The van der Waals surface area contributed by atoms with Gasteiger partial charge in [0.25, 0.3) is 0 Å². The lowest BCUT2D eigenvalue weighted by Crippen LogP contribution is -2.26. The van der Waals surface area contributed by atoms with E-state index in [4.69, 9.17) is 34.9 Å². The molecule has 6 aromatic heterocycles. The lowest BCUT2D eigenvalue weighted by atomic mass is 9.70. The Kier molecular flexibility index (Phi) is 20.0. The fourth-order valence-electron chi connectivity index (χ4n) is 18.1. The van der Waals surface area contributed by atoms with E-state index < -0.39 is 5.41 Å². The van der Waals surface area contributed by atoms with Crippen molar-refractivity contribution in [2.45, 2.75) is 5.41 Å². The van der Waals surface area contributed by atoms with Crippen LogP contribution in [-0.4, -0.2) is 44.9 Å². The Hall–Kier alpha value is -17.0. The van der Waals surface area contributed by atoms with Gasteiger partial charge in [0, 0.05) is 69.9 Å². The highest BCUT2D eigenvalue weighted by molar-refractivity contribution is 5.99. The number of nitrogens with zero attached hydrogens (tertiary/aromatic N) is 9. The molecule has 0 unspecified atom stereocenters. The molecule has 1 spiro atoms. The number of hydrogen-bond donors (Lipinski definition) is 0. The minimum Gasteiger partial charge on any atom is -0.265 e. The van der Waals surface area contributed by atoms with E-state index in [2.05, 4.69) is 307 Å². The topological polar surface area (TPSA) is 116 Å². The van der Waals surface area contributed by atoms with Crippen molar-refractivity contribution in [2.75, 3.05) is 0 Å². The van der Waals surface area contributed by atoms with Gasteiger partial charge in [0.1, 0.15) is 0 Å². The highest BCUT2D eigenvalue weighted by atomic mass is 14.9. The molecule has 16 aromatic carbocycles. The van der Waals surface area contributed by atoms with Crippen LogP contribution < -0.4 is 0 Å². The first kappa shape index (κ1) is 76.1. The zero-order chi connectivity index (χ0) is 84.4. The highest BCUT2D eigenvalue weighted by Gasteiger charge is 2.52. The standard InChI is InChI=1S/C44H27N3.2C37H25N3/c1-2-12-28(13-3-1)42-43(47-41-20-9-8-19-40(41)46-42)30-22-24-34-33-23-21-29(39-18-10-11-25-45-39)26-37(33)44(38(34)27-30)35-16-6-4-14-31(35)32-15-5-7-17-36(32)44;1-2-7-31(8-3-1)36-37(40-35-11-5-4-10-34(35)39-36)32-22-20-29(21-23-32)27-14-12-26(13-15-27)28-16-18-30(19-17-28)33-9-6-24-38-25-33;1-2-6-32(7-3-1)36-37(40-35-9-5-4-8-34(35)39-36)33-20-18-29(19-21-33)28-12-10-26(11-13-28)27-14-16-30(17-15-27)31-22-24-38-25-23-31/h1-27H;2*1-25H. The van der Waals surface area contributed by atoms with Crippen LogP contribution in [0.15, 0.2) is 468 Å². The third-order valence-electron chi connectivity index (χ3n) is 24.4. The number of fused-ring (bicyclic) bond motifs is 13. The van der Waals surface area contributed by atoms with Gasteiger partial charge >= 0.3 is 0 Å². The summed E-state index contributed by atoms with van der Waals surface area (Å²) in [6.07, 6.45) is 9.21. The number of aromatic nitrogens is 9. The SMILES string of the molecule is c1ccc(-c2nc3ccccc3nc2-c2ccc(-c3ccc(-c4ccc(-c5cccnc5)cc4)cc3)cc2)cc1.c1ccc(-c2nc3ccccc3nc2-c2ccc(-c3ccc(-c4ccc(-c5ccncc5)cc4)cc3)cc2)cc1.c1ccc(-c2nc3ccccc3nc2-c2ccc3c(c2)C2(c4ccccc4-c4ccccc42)c2cc(-c4ccccn4)ccc2-3)cc1. The van der Waals surface area contributed by atoms with Gasteiger partial charge in [-0.2, -0.15) is 0 Å². The Morgan fingerprint density at radius 3 is 0.748 bits per heavy atom. The van der Waals surface area contributed by atoms with E-state index in [1.165, 1.54) is 100 Å². The van der Waals surface area contributed by atoms with Crippen LogP contribution in [0.3, 0.4) is 0 Å². The molecule has 22 aromatic rings. The second kappa shape index (κ2) is 33.4. The molecule has 2 aliphatic rings. The second-order valence-corrected chi connectivity index (χ2v) is 31.8. The first-order valence-corrected chi connectivity index (χ1v) is 42.7. The van der Waals surface area contributed by atoms with E-state index in [1.54, 1.807) is 6.20 Å². The molecule has 127 heavy (non-hydrogen) atoms. The van der Waals surface area contributed by atoms with E-state index in [9.17, 15) is 0 Å². The maximum absolute atomic E-state index is 5.28. The molecule has 0 radical (unpaired) electrons. The first-order valence-electron chi connectivity index (χ1n) is 42.7. The van der Waals surface area contributed by atoms with E-state index in [-0.39, 0.29) is 0 Å². The smallest absolute Gasteiger partial charge is 0.0973 e. The fourth-order valence-corrected chi connectivity index (χ4v) is 18.1. The molecule has 6 heterocycles. The van der Waals surface area contributed by atoms with Crippen molar-refractivity contribution < 1.29 is 0 Å². The number of rotatable bonds is 13. The number of benzene rings is 16. The molecule has 594 valence electrons. The van der Waals surface area contributed by atoms with E-state index in [1.807, 2.05) is 164 Å². The Balaban J connectivity index is 0.000000113. The molecule has 9 nitrogen and oxygen atoms in total. The highest BCUT2D eigenvalue weighted by Crippen LogP contribution is 2.64. The predicted molar refractivity (Wildman–Crippen MR) is 519 cm³/mol. The molecular formula is C118H77N9. The molecular weight excluding hydrogens is 1540 g/mol. The summed E-state index contributed by atoms with van der Waals surface area (Å²) in [7, 11) is 0. The van der Waals surface area contributed by atoms with Crippen LogP contribution in [0.25, 0.3) is 201 Å². The Morgan fingerprint density at radius 1 is 0.150 bits per heavy atom. The van der Waals surface area contributed by atoms with Crippen LogP contribution in [0, 0.1) is 0 Å². The van der Waals surface area contributed by atoms with Gasteiger partial charge in [-0.25, -0.2) is 29.9 Å². The summed E-state index contributed by atoms with van der Waals surface area (Å²) in [6, 6.07) is 153. The fraction of sp³-hybridized carbons (Fsp3) is 0.00847. The molecule has 0 bridgehead atoms. The van der Waals surface area contributed by atoms with Crippen molar-refractivity contribution in [3.05, 3.63) is 490 Å². The van der Waals surface area contributed by atoms with E-state index >= 15 is 0 Å². The van der Waals surface area contributed by atoms with Gasteiger partial charge in [-0.05, 0) is 190 Å². The molecule has 0 atom stereocenters. The number of hydrogen-bond acceptors (Lipinski definition) is 9. The summed E-state index contributed by atoms with van der Waals surface area (Å²) in [5, 5.41) is 0. The summed E-state index contributed by atoms with van der Waals surface area (Å²) in [6.45, 7) is 0. The normalized spacial score (nSPS) is 11.8. The van der Waals surface area contributed by atoms with E-state index in [0.29, 0.717) is 0 Å². The van der Waals surface area contributed by atoms with Gasteiger partial charge in [0.05, 0.1) is 78.4 Å². The number of pyridine rings is 3. The summed E-state index contributed by atoms with van der Waals surface area (Å²) in [5.74, 6) is 0. The van der Waals surface area contributed by atoms with Gasteiger partial charge in [-0.3, -0.25) is 15.0 Å². The largest absolute Gasteiger partial charge is 0.265 e. The Bertz CT molecular complexity index is 7450. The van der Waals surface area contributed by atoms with Crippen molar-refractivity contribution in [1.82, 2.24) is 44.9 Å². The van der Waals surface area contributed by atoms with Crippen molar-refractivity contribution in [3.8, 4) is 168 Å². The Labute approximate surface area is 736 Å². The van der Waals surface area contributed by atoms with Crippen LogP contribution in [-0.2, 0) is 5.41 Å². The summed E-state index contributed by atoms with van der Waals surface area (Å²) in [4.78, 5) is 43.6. The minimum absolute atomic E-state index is 0.490. The van der Waals surface area contributed by atoms with Crippen LogP contribution in [0.1, 0.15) is 22.3 Å². The van der Waals surface area contributed by atoms with Crippen molar-refractivity contribution in [3.63, 3.8) is 0 Å². The molecule has 24 rings (SSSR count). The maximum atomic E-state index is 5.28. The van der Waals surface area contributed by atoms with Gasteiger partial charge in [0.15, 0.2) is 0 Å². The predicted octanol–water partition coefficient (Wildman–Crippen LogP) is 29.1. The molecule has 0 fully saturated rings. The molecule has 9 heteroatoms. The first-order chi connectivity index (χ1) is 62.9. The van der Waals surface area contributed by atoms with E-state index in [0.717, 1.165) is 123 Å². The van der Waals surface area contributed by atoms with Crippen LogP contribution in [0.5, 0.6) is 0 Å². The maximum Gasteiger partial charge on any atom is 0.0973 e. The average Bonchev–Trinajstić information content (AvgIpc) is 1.50. The van der Waals surface area contributed by atoms with Crippen molar-refractivity contribution >= 4 is 33.1 Å². The Morgan fingerprint density at radius 2 is 0.409 bits per heavy atom. The molecule has 2 aliphatic carbocycles. The third-order valence-corrected chi connectivity index (χ3v) is 24.4. The average molecular weight is 1620 g/mol. The van der Waals surface area contributed by atoms with Crippen LogP contribution in [0.4, 0.5) is 0 Å². The van der Waals surface area contributed by atoms with Crippen molar-refractivity contribution in [2.24, 2.45) is 0 Å². The van der Waals surface area contributed by atoms with Gasteiger partial charge < -0.3 is 0 Å². The molecule has 0 N–H and O–H groups in total. The van der Waals surface area contributed by atoms with Crippen molar-refractivity contribution in [1.29, 1.82) is 0 Å². The molecule has 0 aliphatic heterocycles. The van der Waals surface area contributed by atoms with Gasteiger partial charge in [-0.1, -0.05) is 358 Å². The molecule has 0 saturated heterocycles. The summed E-state index contributed by atoms with van der Waals surface area (Å²) >= 11 is 0. The third kappa shape index (κ3) is 14.6. The lowest BCUT2D eigenvalue weighted by Gasteiger charge is -2.31. The lowest BCUT2D eigenvalue weighted by molar-refractivity contribution is 0.794. The molecule has 0 amide bonds. The van der Waals surface area contributed by atoms with Crippen LogP contribution >= 0.6 is 0 Å². The zero-order valence-corrected chi connectivity index (χ0v) is 69.0. The van der Waals surface area contributed by atoms with Crippen LogP contribution in [0.2, 0.25) is 0 Å². The summed E-state index contributed by atoms with van der Waals surface area (Å²) in [5.41, 5.74) is 43.0.